The summed E-state index contributed by atoms with van der Waals surface area (Å²) in [7, 11) is 0. The minimum Gasteiger partial charge on any atom is -0.489 e. The van der Waals surface area contributed by atoms with Crippen molar-refractivity contribution < 1.29 is 9.47 Å². The van der Waals surface area contributed by atoms with Gasteiger partial charge in [0.05, 0.1) is 0 Å². The first kappa shape index (κ1) is 19.9. The average Bonchev–Trinajstić information content (AvgIpc) is 2.60. The van der Waals surface area contributed by atoms with E-state index < -0.39 is 0 Å². The molecule has 1 heterocycles. The van der Waals surface area contributed by atoms with Crippen molar-refractivity contribution in [2.24, 2.45) is 5.73 Å². The van der Waals surface area contributed by atoms with Gasteiger partial charge in [-0.1, -0.05) is 43.7 Å². The summed E-state index contributed by atoms with van der Waals surface area (Å²) >= 11 is 0. The minimum absolute atomic E-state index is 0. The number of ether oxygens (including phenoxy) is 2. The molecule has 3 rings (SSSR count). The molecule has 26 heavy (non-hydrogen) atoms. The topological polar surface area (TPSA) is 68.3 Å². The molecule has 0 bridgehead atoms. The lowest BCUT2D eigenvalue weighted by molar-refractivity contribution is 0.126. The van der Waals surface area contributed by atoms with Crippen molar-refractivity contribution in [2.75, 3.05) is 0 Å². The van der Waals surface area contributed by atoms with Crippen LogP contribution in [0.4, 0.5) is 0 Å². The summed E-state index contributed by atoms with van der Waals surface area (Å²) in [4.78, 5) is 0. The largest absolute Gasteiger partial charge is 0.489 e. The van der Waals surface area contributed by atoms with Crippen LogP contribution in [0.1, 0.15) is 43.4 Å². The molecule has 2 aromatic carbocycles. The minimum atomic E-state index is -0.220. The second-order valence-electron chi connectivity index (χ2n) is 6.60. The Balaban J connectivity index is 0.00000243. The molecule has 4 nitrogen and oxygen atoms in total. The molecule has 0 saturated carbocycles. The molecule has 0 saturated heterocycles. The zero-order chi connectivity index (χ0) is 17.9. The number of nitrogens with one attached hydrogen (secondary N) is 1. The summed E-state index contributed by atoms with van der Waals surface area (Å²) < 4.78 is 12.0. The number of hydrogen-bond donors (Lipinski definition) is 2. The second-order valence-corrected chi connectivity index (χ2v) is 6.60. The maximum absolute atomic E-state index is 7.41. The molecule has 0 fully saturated rings. The van der Waals surface area contributed by atoms with Crippen LogP contribution in [0.2, 0.25) is 0 Å². The van der Waals surface area contributed by atoms with Gasteiger partial charge in [0.15, 0.2) is 0 Å². The van der Waals surface area contributed by atoms with Crippen molar-refractivity contribution in [1.29, 1.82) is 5.41 Å². The highest BCUT2D eigenvalue weighted by Crippen LogP contribution is 2.35. The molecule has 1 unspecified atom stereocenters. The number of benzene rings is 2. The molecule has 1 aliphatic rings. The molecule has 0 aromatic heterocycles. The Labute approximate surface area is 160 Å². The molecular formula is C21H25ClN2O2. The van der Waals surface area contributed by atoms with Crippen molar-refractivity contribution in [3.8, 4) is 11.5 Å². The molecule has 0 amide bonds. The van der Waals surface area contributed by atoms with Crippen LogP contribution in [0.3, 0.4) is 0 Å². The highest BCUT2D eigenvalue weighted by Gasteiger charge is 2.26. The maximum atomic E-state index is 7.41. The van der Waals surface area contributed by atoms with Crippen LogP contribution in [-0.4, -0.2) is 11.4 Å². The van der Waals surface area contributed by atoms with Crippen molar-refractivity contribution in [3.63, 3.8) is 0 Å². The Morgan fingerprint density at radius 1 is 1.19 bits per heavy atom. The monoisotopic (exact) mass is 372 g/mol. The highest BCUT2D eigenvalue weighted by atomic mass is 35.5. The van der Waals surface area contributed by atoms with Gasteiger partial charge in [-0.05, 0) is 43.2 Å². The molecule has 0 spiro atoms. The lowest BCUT2D eigenvalue weighted by Gasteiger charge is -2.31. The summed E-state index contributed by atoms with van der Waals surface area (Å²) in [5.41, 5.74) is 8.04. The van der Waals surface area contributed by atoms with Gasteiger partial charge in [0.1, 0.15) is 29.5 Å². The smallest absolute Gasteiger partial charge is 0.128 e. The van der Waals surface area contributed by atoms with Crippen LogP contribution in [0.5, 0.6) is 11.5 Å². The van der Waals surface area contributed by atoms with E-state index in [1.807, 2.05) is 42.5 Å². The Morgan fingerprint density at radius 2 is 1.92 bits per heavy atom. The lowest BCUT2D eigenvalue weighted by atomic mass is 9.95. The number of rotatable bonds is 6. The van der Waals surface area contributed by atoms with Crippen molar-refractivity contribution in [3.05, 3.63) is 65.2 Å². The zero-order valence-electron chi connectivity index (χ0n) is 15.1. The third-order valence-corrected chi connectivity index (χ3v) is 4.36. The molecule has 1 aliphatic heterocycles. The fourth-order valence-corrected chi connectivity index (χ4v) is 2.97. The first-order valence-electron chi connectivity index (χ1n) is 8.57. The zero-order valence-corrected chi connectivity index (χ0v) is 15.9. The van der Waals surface area contributed by atoms with Gasteiger partial charge in [-0.15, -0.1) is 12.4 Å². The molecule has 1 atom stereocenters. The van der Waals surface area contributed by atoms with Gasteiger partial charge in [0, 0.05) is 11.1 Å². The molecule has 3 N–H and O–H groups in total. The van der Waals surface area contributed by atoms with E-state index in [-0.39, 0.29) is 23.8 Å². The molecule has 5 heteroatoms. The molecule has 2 aromatic rings. The number of nitrogen functional groups attached to an aromatic ring is 1. The van der Waals surface area contributed by atoms with E-state index in [1.54, 1.807) is 0 Å². The van der Waals surface area contributed by atoms with Gasteiger partial charge in [0.2, 0.25) is 0 Å². The fraction of sp³-hybridized carbons (Fsp3) is 0.286. The van der Waals surface area contributed by atoms with Gasteiger partial charge in [-0.25, -0.2) is 0 Å². The molecular weight excluding hydrogens is 348 g/mol. The Hall–Kier alpha value is -2.46. The van der Waals surface area contributed by atoms with Gasteiger partial charge >= 0.3 is 0 Å². The Bertz CT molecular complexity index is 802. The normalized spacial score (nSPS) is 17.6. The summed E-state index contributed by atoms with van der Waals surface area (Å²) in [6.07, 6.45) is 6.32. The SMILES string of the molecule is CCCC1(C)C=Cc2cc(OCc3ccc(C(=N)N)cc3)ccc2O1.Cl. The van der Waals surface area contributed by atoms with Crippen LogP contribution in [0.25, 0.3) is 6.08 Å². The van der Waals surface area contributed by atoms with Gasteiger partial charge in [0.25, 0.3) is 0 Å². The number of nitrogens with two attached hydrogens (primary N) is 1. The van der Waals surface area contributed by atoms with E-state index in [0.29, 0.717) is 6.61 Å². The van der Waals surface area contributed by atoms with Crippen molar-refractivity contribution in [2.45, 2.75) is 38.9 Å². The van der Waals surface area contributed by atoms with Gasteiger partial charge in [-0.3, -0.25) is 5.41 Å². The molecule has 0 radical (unpaired) electrons. The van der Waals surface area contributed by atoms with Gasteiger partial charge in [-0.2, -0.15) is 0 Å². The van der Waals surface area contributed by atoms with Crippen molar-refractivity contribution in [1.82, 2.24) is 0 Å². The third kappa shape index (κ3) is 4.58. The number of fused-ring (bicyclic) bond motifs is 1. The van der Waals surface area contributed by atoms with E-state index in [9.17, 15) is 0 Å². The lowest BCUT2D eigenvalue weighted by Crippen LogP contribution is -2.31. The quantitative estimate of drug-likeness (QED) is 0.557. The third-order valence-electron chi connectivity index (χ3n) is 4.36. The maximum Gasteiger partial charge on any atom is 0.128 e. The van der Waals surface area contributed by atoms with E-state index in [2.05, 4.69) is 26.0 Å². The summed E-state index contributed by atoms with van der Waals surface area (Å²) in [5, 5.41) is 7.41. The molecule has 138 valence electrons. The highest BCUT2D eigenvalue weighted by molar-refractivity contribution is 5.94. The average molecular weight is 373 g/mol. The Kier molecular flexibility index (Phi) is 6.32. The Morgan fingerprint density at radius 3 is 2.58 bits per heavy atom. The van der Waals surface area contributed by atoms with Crippen molar-refractivity contribution >= 4 is 24.3 Å². The number of amidine groups is 1. The van der Waals surface area contributed by atoms with Gasteiger partial charge < -0.3 is 15.2 Å². The predicted octanol–water partition coefficient (Wildman–Crippen LogP) is 4.94. The first-order chi connectivity index (χ1) is 12.0. The van der Waals surface area contributed by atoms with E-state index >= 15 is 0 Å². The van der Waals surface area contributed by atoms with Crippen LogP contribution >= 0.6 is 12.4 Å². The standard InChI is InChI=1S/C21H24N2O2.ClH/c1-3-11-21(2)12-10-17-13-18(8-9-19(17)25-21)24-14-15-4-6-16(7-5-15)20(22)23;/h4-10,12-13H,3,11,14H2,1-2H3,(H3,22,23);1H. The number of hydrogen-bond acceptors (Lipinski definition) is 3. The van der Waals surface area contributed by atoms with Crippen LogP contribution in [0.15, 0.2) is 48.5 Å². The summed E-state index contributed by atoms with van der Waals surface area (Å²) in [6, 6.07) is 13.4. The van der Waals surface area contributed by atoms with Crippen LogP contribution in [0, 0.1) is 5.41 Å². The van der Waals surface area contributed by atoms with Crippen LogP contribution in [-0.2, 0) is 6.61 Å². The fourth-order valence-electron chi connectivity index (χ4n) is 2.97. The summed E-state index contributed by atoms with van der Waals surface area (Å²) in [6.45, 7) is 4.75. The van der Waals surface area contributed by atoms with E-state index in [1.165, 1.54) is 0 Å². The second kappa shape index (κ2) is 8.28. The van der Waals surface area contributed by atoms with E-state index in [4.69, 9.17) is 20.6 Å². The number of halogens is 1. The first-order valence-corrected chi connectivity index (χ1v) is 8.57. The van der Waals surface area contributed by atoms with E-state index in [0.717, 1.165) is 41.0 Å². The summed E-state index contributed by atoms with van der Waals surface area (Å²) in [5.74, 6) is 1.78. The van der Waals surface area contributed by atoms with Crippen LogP contribution < -0.4 is 15.2 Å². The predicted molar refractivity (Wildman–Crippen MR) is 108 cm³/mol. The molecule has 0 aliphatic carbocycles.